The van der Waals surface area contributed by atoms with Gasteiger partial charge in [0.2, 0.25) is 0 Å². The SMILES string of the molecule is CCNC(=NCC(O)c1ccccc1F)NCCc1ccc(F)cc1.I. The summed E-state index contributed by atoms with van der Waals surface area (Å²) in [5.74, 6) is -0.159. The molecule has 1 atom stereocenters. The number of hydrogen-bond acceptors (Lipinski definition) is 2. The molecular weight excluding hydrogens is 451 g/mol. The van der Waals surface area contributed by atoms with Gasteiger partial charge in [-0.3, -0.25) is 4.99 Å². The number of halogens is 3. The first-order valence-electron chi connectivity index (χ1n) is 8.29. The second-order valence-corrected chi connectivity index (χ2v) is 5.56. The standard InChI is InChI=1S/C19H23F2N3O.HI/c1-2-22-19(23-12-11-14-7-9-15(20)10-8-14)24-13-18(25)16-5-3-4-6-17(16)21;/h3-10,18,25H,2,11-13H2,1H3,(H2,22,23,24);1H. The van der Waals surface area contributed by atoms with Crippen LogP contribution in [-0.2, 0) is 6.42 Å². The van der Waals surface area contributed by atoms with Gasteiger partial charge >= 0.3 is 0 Å². The minimum absolute atomic E-state index is 0. The fourth-order valence-corrected chi connectivity index (χ4v) is 2.34. The summed E-state index contributed by atoms with van der Waals surface area (Å²) in [4.78, 5) is 4.29. The molecule has 0 aliphatic heterocycles. The fourth-order valence-electron chi connectivity index (χ4n) is 2.34. The molecule has 26 heavy (non-hydrogen) atoms. The Morgan fingerprint density at radius 3 is 2.42 bits per heavy atom. The fraction of sp³-hybridized carbons (Fsp3) is 0.316. The predicted molar refractivity (Wildman–Crippen MR) is 111 cm³/mol. The Balaban J connectivity index is 0.00000338. The summed E-state index contributed by atoms with van der Waals surface area (Å²) in [5, 5.41) is 16.3. The van der Waals surface area contributed by atoms with E-state index in [4.69, 9.17) is 0 Å². The average molecular weight is 475 g/mol. The van der Waals surface area contributed by atoms with Crippen molar-refractivity contribution < 1.29 is 13.9 Å². The van der Waals surface area contributed by atoms with Gasteiger partial charge in [-0.1, -0.05) is 30.3 Å². The van der Waals surface area contributed by atoms with Gasteiger partial charge in [0.15, 0.2) is 5.96 Å². The van der Waals surface area contributed by atoms with Crippen molar-refractivity contribution in [1.29, 1.82) is 0 Å². The summed E-state index contributed by atoms with van der Waals surface area (Å²) in [7, 11) is 0. The molecule has 2 aromatic carbocycles. The zero-order chi connectivity index (χ0) is 18.1. The monoisotopic (exact) mass is 475 g/mol. The van der Waals surface area contributed by atoms with E-state index in [9.17, 15) is 13.9 Å². The average Bonchev–Trinajstić information content (AvgIpc) is 2.61. The number of aliphatic imine (C=N–C) groups is 1. The second kappa shape index (κ2) is 11.8. The Morgan fingerprint density at radius 2 is 1.77 bits per heavy atom. The van der Waals surface area contributed by atoms with E-state index in [1.54, 1.807) is 30.3 Å². The molecule has 0 aliphatic rings. The van der Waals surface area contributed by atoms with Crippen LogP contribution in [0, 0.1) is 11.6 Å². The lowest BCUT2D eigenvalue weighted by Crippen LogP contribution is -2.38. The molecule has 0 spiro atoms. The van der Waals surface area contributed by atoms with Gasteiger partial charge in [0.25, 0.3) is 0 Å². The van der Waals surface area contributed by atoms with Crippen LogP contribution in [0.4, 0.5) is 8.78 Å². The number of benzene rings is 2. The molecule has 3 N–H and O–H groups in total. The molecule has 0 radical (unpaired) electrons. The summed E-state index contributed by atoms with van der Waals surface area (Å²) >= 11 is 0. The van der Waals surface area contributed by atoms with E-state index < -0.39 is 11.9 Å². The summed E-state index contributed by atoms with van der Waals surface area (Å²) < 4.78 is 26.6. The van der Waals surface area contributed by atoms with Crippen molar-refractivity contribution in [3.8, 4) is 0 Å². The van der Waals surface area contributed by atoms with Gasteiger partial charge in [-0.2, -0.15) is 0 Å². The molecular formula is C19H24F2IN3O. The summed E-state index contributed by atoms with van der Waals surface area (Å²) in [6.45, 7) is 3.25. The Morgan fingerprint density at radius 1 is 1.08 bits per heavy atom. The molecule has 0 aliphatic carbocycles. The molecule has 0 saturated carbocycles. The highest BCUT2D eigenvalue weighted by atomic mass is 127. The van der Waals surface area contributed by atoms with Gasteiger partial charge in [0.1, 0.15) is 17.7 Å². The van der Waals surface area contributed by atoms with Crippen molar-refractivity contribution in [2.45, 2.75) is 19.4 Å². The van der Waals surface area contributed by atoms with Crippen LogP contribution in [0.1, 0.15) is 24.2 Å². The van der Waals surface area contributed by atoms with E-state index in [0.29, 0.717) is 25.5 Å². The maximum Gasteiger partial charge on any atom is 0.191 e. The largest absolute Gasteiger partial charge is 0.386 e. The Kier molecular flexibility index (Phi) is 10.1. The molecule has 0 amide bonds. The lowest BCUT2D eigenvalue weighted by atomic mass is 10.1. The normalized spacial score (nSPS) is 12.2. The first kappa shape index (κ1) is 22.3. The van der Waals surface area contributed by atoms with E-state index in [-0.39, 0.29) is 41.9 Å². The number of aliphatic hydroxyl groups excluding tert-OH is 1. The van der Waals surface area contributed by atoms with Gasteiger partial charge in [-0.15, -0.1) is 24.0 Å². The molecule has 2 rings (SSSR count). The highest BCUT2D eigenvalue weighted by Gasteiger charge is 2.11. The predicted octanol–water partition coefficient (Wildman–Crippen LogP) is 3.41. The third-order valence-electron chi connectivity index (χ3n) is 3.65. The van der Waals surface area contributed by atoms with Crippen LogP contribution in [0.2, 0.25) is 0 Å². The highest BCUT2D eigenvalue weighted by molar-refractivity contribution is 14.0. The van der Waals surface area contributed by atoms with Gasteiger partial charge in [0.05, 0.1) is 6.54 Å². The van der Waals surface area contributed by atoms with E-state index in [1.807, 2.05) is 6.92 Å². The van der Waals surface area contributed by atoms with Crippen molar-refractivity contribution in [2.24, 2.45) is 4.99 Å². The molecule has 0 saturated heterocycles. The van der Waals surface area contributed by atoms with Crippen LogP contribution in [0.3, 0.4) is 0 Å². The Hall–Kier alpha value is -1.74. The molecule has 0 aromatic heterocycles. The summed E-state index contributed by atoms with van der Waals surface area (Å²) in [5.41, 5.74) is 1.24. The topological polar surface area (TPSA) is 56.7 Å². The molecule has 2 aromatic rings. The highest BCUT2D eigenvalue weighted by Crippen LogP contribution is 2.16. The first-order chi connectivity index (χ1) is 12.1. The number of rotatable bonds is 7. The molecule has 142 valence electrons. The minimum Gasteiger partial charge on any atom is -0.386 e. The van der Waals surface area contributed by atoms with Gasteiger partial charge in [0, 0.05) is 18.7 Å². The quantitative estimate of drug-likeness (QED) is 0.327. The van der Waals surface area contributed by atoms with Crippen molar-refractivity contribution in [2.75, 3.05) is 19.6 Å². The minimum atomic E-state index is -1.01. The van der Waals surface area contributed by atoms with Crippen LogP contribution in [0.15, 0.2) is 53.5 Å². The number of nitrogens with zero attached hydrogens (tertiary/aromatic N) is 1. The Bertz CT molecular complexity index is 695. The van der Waals surface area contributed by atoms with E-state index >= 15 is 0 Å². The maximum absolute atomic E-state index is 13.7. The maximum atomic E-state index is 13.7. The third kappa shape index (κ3) is 7.25. The molecule has 4 nitrogen and oxygen atoms in total. The lowest BCUT2D eigenvalue weighted by Gasteiger charge is -2.14. The van der Waals surface area contributed by atoms with E-state index in [2.05, 4.69) is 15.6 Å². The van der Waals surface area contributed by atoms with Crippen LogP contribution in [0.5, 0.6) is 0 Å². The lowest BCUT2D eigenvalue weighted by molar-refractivity contribution is 0.182. The number of guanidine groups is 1. The van der Waals surface area contributed by atoms with Crippen LogP contribution in [-0.4, -0.2) is 30.7 Å². The molecule has 0 fully saturated rings. The molecule has 0 heterocycles. The smallest absolute Gasteiger partial charge is 0.191 e. The van der Waals surface area contributed by atoms with Gasteiger partial charge in [-0.05, 0) is 37.1 Å². The van der Waals surface area contributed by atoms with Gasteiger partial charge in [-0.25, -0.2) is 8.78 Å². The second-order valence-electron chi connectivity index (χ2n) is 5.56. The number of hydrogen-bond donors (Lipinski definition) is 3. The molecule has 7 heteroatoms. The van der Waals surface area contributed by atoms with Crippen LogP contribution in [0.25, 0.3) is 0 Å². The van der Waals surface area contributed by atoms with Gasteiger partial charge < -0.3 is 15.7 Å². The number of aliphatic hydroxyl groups is 1. The Labute approximate surface area is 169 Å². The van der Waals surface area contributed by atoms with Crippen molar-refractivity contribution >= 4 is 29.9 Å². The van der Waals surface area contributed by atoms with Crippen molar-refractivity contribution in [3.63, 3.8) is 0 Å². The van der Waals surface area contributed by atoms with Crippen LogP contribution < -0.4 is 10.6 Å². The van der Waals surface area contributed by atoms with Crippen molar-refractivity contribution in [3.05, 3.63) is 71.3 Å². The van der Waals surface area contributed by atoms with E-state index in [1.165, 1.54) is 18.2 Å². The molecule has 0 bridgehead atoms. The number of nitrogens with one attached hydrogen (secondary N) is 2. The first-order valence-corrected chi connectivity index (χ1v) is 8.29. The van der Waals surface area contributed by atoms with E-state index in [0.717, 1.165) is 5.56 Å². The van der Waals surface area contributed by atoms with Crippen LogP contribution >= 0.6 is 24.0 Å². The summed E-state index contributed by atoms with van der Waals surface area (Å²) in [6, 6.07) is 12.5. The summed E-state index contributed by atoms with van der Waals surface area (Å²) in [6.07, 6.45) is -0.297. The third-order valence-corrected chi connectivity index (χ3v) is 3.65. The molecule has 1 unspecified atom stereocenters. The van der Waals surface area contributed by atoms with Crippen molar-refractivity contribution in [1.82, 2.24) is 10.6 Å². The zero-order valence-corrected chi connectivity index (χ0v) is 16.9. The zero-order valence-electron chi connectivity index (χ0n) is 14.6.